The van der Waals surface area contributed by atoms with Crippen LogP contribution in [0.15, 0.2) is 36.7 Å². The Hall–Kier alpha value is -1.61. The highest BCUT2D eigenvalue weighted by Gasteiger charge is 2.08. The summed E-state index contributed by atoms with van der Waals surface area (Å²) in [6, 6.07) is 9.08. The molecule has 0 fully saturated rings. The maximum Gasteiger partial charge on any atom is 0.194 e. The van der Waals surface area contributed by atoms with Gasteiger partial charge in [-0.2, -0.15) is 0 Å². The van der Waals surface area contributed by atoms with Crippen molar-refractivity contribution in [1.82, 2.24) is 9.38 Å². The van der Waals surface area contributed by atoms with Gasteiger partial charge in [0.2, 0.25) is 0 Å². The van der Waals surface area contributed by atoms with Crippen LogP contribution in [-0.2, 0) is 12.8 Å². The van der Waals surface area contributed by atoms with Gasteiger partial charge in [0.25, 0.3) is 0 Å². The second-order valence-electron chi connectivity index (χ2n) is 8.75. The van der Waals surface area contributed by atoms with Gasteiger partial charge in [-0.05, 0) is 31.2 Å². The Morgan fingerprint density at radius 3 is 1.93 bits per heavy atom. The summed E-state index contributed by atoms with van der Waals surface area (Å²) >= 11 is 1.85. The van der Waals surface area contributed by atoms with Crippen molar-refractivity contribution in [2.45, 2.75) is 104 Å². The molecule has 2 aromatic heterocycles. The molecule has 0 bridgehead atoms. The van der Waals surface area contributed by atoms with E-state index in [1.807, 2.05) is 11.3 Å². The first kappa shape index (κ1) is 23.1. The van der Waals surface area contributed by atoms with Gasteiger partial charge in [0.15, 0.2) is 4.96 Å². The summed E-state index contributed by atoms with van der Waals surface area (Å²) in [5.74, 6) is 0. The standard InChI is InChI=1S/C27H40N2S/c1-3-5-7-9-10-12-13-15-23-17-19-24(20-18-23)26-22-29-21-25(30-27(29)28-26)16-14-11-8-6-4-2/h17-22H,3-16H2,1-2H3. The lowest BCUT2D eigenvalue weighted by Crippen LogP contribution is -1.87. The molecule has 3 heteroatoms. The number of aryl methyl sites for hydroxylation is 2. The van der Waals surface area contributed by atoms with E-state index in [0.29, 0.717) is 0 Å². The molecule has 0 saturated carbocycles. The number of benzene rings is 1. The molecule has 2 nitrogen and oxygen atoms in total. The van der Waals surface area contributed by atoms with Gasteiger partial charge in [-0.15, -0.1) is 11.3 Å². The predicted molar refractivity (Wildman–Crippen MR) is 133 cm³/mol. The Balaban J connectivity index is 1.44. The van der Waals surface area contributed by atoms with Gasteiger partial charge < -0.3 is 0 Å². The summed E-state index contributed by atoms with van der Waals surface area (Å²) in [5, 5.41) is 0. The van der Waals surface area contributed by atoms with E-state index in [4.69, 9.17) is 4.98 Å². The molecule has 0 atom stereocenters. The third-order valence-corrected chi connectivity index (χ3v) is 7.11. The van der Waals surface area contributed by atoms with Crippen molar-refractivity contribution in [2.24, 2.45) is 0 Å². The zero-order chi connectivity index (χ0) is 21.0. The number of imidazole rings is 1. The number of hydrogen-bond acceptors (Lipinski definition) is 2. The monoisotopic (exact) mass is 424 g/mol. The predicted octanol–water partition coefficient (Wildman–Crippen LogP) is 8.87. The molecular weight excluding hydrogens is 384 g/mol. The van der Waals surface area contributed by atoms with Crippen molar-refractivity contribution in [3.8, 4) is 11.3 Å². The molecule has 0 spiro atoms. The van der Waals surface area contributed by atoms with Gasteiger partial charge >= 0.3 is 0 Å². The van der Waals surface area contributed by atoms with E-state index in [0.717, 1.165) is 10.7 Å². The second kappa shape index (κ2) is 12.9. The average Bonchev–Trinajstić information content (AvgIpc) is 3.32. The van der Waals surface area contributed by atoms with E-state index in [2.05, 4.69) is 54.9 Å². The Morgan fingerprint density at radius 2 is 1.30 bits per heavy atom. The van der Waals surface area contributed by atoms with Crippen molar-refractivity contribution < 1.29 is 0 Å². The molecule has 0 saturated heterocycles. The summed E-state index contributed by atoms with van der Waals surface area (Å²) in [6.45, 7) is 4.56. The van der Waals surface area contributed by atoms with Gasteiger partial charge in [-0.3, -0.25) is 4.40 Å². The van der Waals surface area contributed by atoms with Crippen LogP contribution < -0.4 is 0 Å². The van der Waals surface area contributed by atoms with E-state index in [1.54, 1.807) is 0 Å². The van der Waals surface area contributed by atoms with Crippen LogP contribution >= 0.6 is 11.3 Å². The van der Waals surface area contributed by atoms with E-state index < -0.39 is 0 Å². The first-order valence-corrected chi connectivity index (χ1v) is 13.2. The Bertz CT molecular complexity index is 812. The van der Waals surface area contributed by atoms with Gasteiger partial charge in [0, 0.05) is 22.8 Å². The minimum atomic E-state index is 1.10. The summed E-state index contributed by atoms with van der Waals surface area (Å²) in [7, 11) is 0. The van der Waals surface area contributed by atoms with Gasteiger partial charge in [0.1, 0.15) is 0 Å². The molecule has 3 aromatic rings. The van der Waals surface area contributed by atoms with Crippen molar-refractivity contribution in [3.05, 3.63) is 47.1 Å². The topological polar surface area (TPSA) is 17.3 Å². The number of fused-ring (bicyclic) bond motifs is 1. The van der Waals surface area contributed by atoms with E-state index in [-0.39, 0.29) is 0 Å². The molecule has 0 aliphatic rings. The maximum atomic E-state index is 4.88. The second-order valence-corrected chi connectivity index (χ2v) is 9.84. The highest BCUT2D eigenvalue weighted by molar-refractivity contribution is 7.17. The van der Waals surface area contributed by atoms with Crippen LogP contribution in [0, 0.1) is 0 Å². The Kier molecular flexibility index (Phi) is 9.95. The van der Waals surface area contributed by atoms with Crippen molar-refractivity contribution in [1.29, 1.82) is 0 Å². The SMILES string of the molecule is CCCCCCCCCc1ccc(-c2cn3cc(CCCCCCC)sc3n2)cc1. The lowest BCUT2D eigenvalue weighted by molar-refractivity contribution is 0.589. The summed E-state index contributed by atoms with van der Waals surface area (Å²) in [4.78, 5) is 7.47. The molecule has 0 N–H and O–H groups in total. The van der Waals surface area contributed by atoms with Crippen LogP contribution in [0.2, 0.25) is 0 Å². The smallest absolute Gasteiger partial charge is 0.194 e. The minimum Gasteiger partial charge on any atom is -0.297 e. The number of rotatable bonds is 15. The van der Waals surface area contributed by atoms with Crippen LogP contribution in [0.1, 0.15) is 101 Å². The molecule has 164 valence electrons. The van der Waals surface area contributed by atoms with Crippen LogP contribution in [-0.4, -0.2) is 9.38 Å². The fraction of sp³-hybridized carbons (Fsp3) is 0.593. The highest BCUT2D eigenvalue weighted by Crippen LogP contribution is 2.25. The first-order chi connectivity index (χ1) is 14.8. The maximum absolute atomic E-state index is 4.88. The van der Waals surface area contributed by atoms with Crippen molar-refractivity contribution in [3.63, 3.8) is 0 Å². The summed E-state index contributed by atoms with van der Waals surface area (Å²) < 4.78 is 2.22. The van der Waals surface area contributed by atoms with E-state index in [1.165, 1.54) is 106 Å². The molecule has 2 heterocycles. The number of nitrogens with zero attached hydrogens (tertiary/aromatic N) is 2. The van der Waals surface area contributed by atoms with Crippen molar-refractivity contribution in [2.75, 3.05) is 0 Å². The van der Waals surface area contributed by atoms with Gasteiger partial charge in [0.05, 0.1) is 5.69 Å². The minimum absolute atomic E-state index is 1.10. The number of hydrogen-bond donors (Lipinski definition) is 0. The molecule has 0 radical (unpaired) electrons. The number of aromatic nitrogens is 2. The lowest BCUT2D eigenvalue weighted by atomic mass is 10.0. The quantitative estimate of drug-likeness (QED) is 0.223. The zero-order valence-electron chi connectivity index (χ0n) is 19.2. The third-order valence-electron chi connectivity index (χ3n) is 6.05. The van der Waals surface area contributed by atoms with Crippen LogP contribution in [0.4, 0.5) is 0 Å². The molecule has 0 amide bonds. The third kappa shape index (κ3) is 7.27. The molecular formula is C27H40N2S. The molecule has 0 unspecified atom stereocenters. The van der Waals surface area contributed by atoms with Crippen LogP contribution in [0.25, 0.3) is 16.2 Å². The number of thiazole rings is 1. The normalized spacial score (nSPS) is 11.5. The fourth-order valence-electron chi connectivity index (χ4n) is 4.13. The van der Waals surface area contributed by atoms with Crippen LogP contribution in [0.5, 0.6) is 0 Å². The zero-order valence-corrected chi connectivity index (χ0v) is 20.0. The largest absolute Gasteiger partial charge is 0.297 e. The van der Waals surface area contributed by atoms with Gasteiger partial charge in [-0.1, -0.05) is 102 Å². The van der Waals surface area contributed by atoms with E-state index in [9.17, 15) is 0 Å². The summed E-state index contributed by atoms with van der Waals surface area (Å²) in [6.07, 6.45) is 23.2. The first-order valence-electron chi connectivity index (χ1n) is 12.4. The average molecular weight is 425 g/mol. The Morgan fingerprint density at radius 1 is 0.700 bits per heavy atom. The fourth-order valence-corrected chi connectivity index (χ4v) is 5.13. The molecule has 30 heavy (non-hydrogen) atoms. The Labute approximate surface area is 187 Å². The lowest BCUT2D eigenvalue weighted by Gasteiger charge is -2.03. The van der Waals surface area contributed by atoms with Crippen molar-refractivity contribution >= 4 is 16.3 Å². The molecule has 1 aromatic carbocycles. The molecule has 0 aliphatic heterocycles. The molecule has 0 aliphatic carbocycles. The van der Waals surface area contributed by atoms with E-state index >= 15 is 0 Å². The van der Waals surface area contributed by atoms with Gasteiger partial charge in [-0.25, -0.2) is 4.98 Å². The summed E-state index contributed by atoms with van der Waals surface area (Å²) in [5.41, 5.74) is 3.78. The molecule has 3 rings (SSSR count). The highest BCUT2D eigenvalue weighted by atomic mass is 32.1. The number of unbranched alkanes of at least 4 members (excludes halogenated alkanes) is 10. The van der Waals surface area contributed by atoms with Crippen LogP contribution in [0.3, 0.4) is 0 Å².